The smallest absolute Gasteiger partial charge is 0.232 e. The van der Waals surface area contributed by atoms with Crippen molar-refractivity contribution in [3.63, 3.8) is 0 Å². The van der Waals surface area contributed by atoms with Crippen molar-refractivity contribution in [3.8, 4) is 22.7 Å². The molecule has 1 unspecified atom stereocenters. The lowest BCUT2D eigenvalue weighted by Crippen LogP contribution is -2.36. The van der Waals surface area contributed by atoms with Crippen molar-refractivity contribution in [3.05, 3.63) is 60.2 Å². The second kappa shape index (κ2) is 8.00. The number of anilines is 1. The number of aliphatic hydroxyl groups is 1. The molecule has 4 aromatic rings. The predicted octanol–water partition coefficient (Wildman–Crippen LogP) is 4.65. The van der Waals surface area contributed by atoms with Gasteiger partial charge in [0.15, 0.2) is 0 Å². The van der Waals surface area contributed by atoms with Gasteiger partial charge in [0.05, 0.1) is 30.2 Å². The number of hydrogen-bond acceptors (Lipinski definition) is 5. The number of halogens is 1. The summed E-state index contributed by atoms with van der Waals surface area (Å²) in [4.78, 5) is 7.53. The zero-order chi connectivity index (χ0) is 23.3. The summed E-state index contributed by atoms with van der Waals surface area (Å²) in [6.45, 7) is 1.50. The molecule has 7 nitrogen and oxygen atoms in total. The Kier molecular flexibility index (Phi) is 5.25. The van der Waals surface area contributed by atoms with Crippen LogP contribution in [0.3, 0.4) is 0 Å². The standard InChI is InChI=1S/C24H24FN3O4S/c1-14(29)13-28(33(2,30)31)20-12-21-19(11-18(20)15-3-4-15)22(24-26-9-10-27-24)23(32-21)16-5-7-17(25)8-6-16/h5-12,14-15,29H,3-4,13H2,1-2H3,(H,26,27). The highest BCUT2D eigenvalue weighted by molar-refractivity contribution is 7.92. The van der Waals surface area contributed by atoms with Gasteiger partial charge in [-0.15, -0.1) is 0 Å². The van der Waals surface area contributed by atoms with Gasteiger partial charge in [-0.2, -0.15) is 0 Å². The molecule has 1 aliphatic rings. The fourth-order valence-corrected chi connectivity index (χ4v) is 5.18. The lowest BCUT2D eigenvalue weighted by Gasteiger charge is -2.26. The minimum Gasteiger partial charge on any atom is -0.455 e. The van der Waals surface area contributed by atoms with Crippen molar-refractivity contribution < 1.29 is 22.3 Å². The molecule has 5 rings (SSSR count). The Morgan fingerprint density at radius 2 is 2.00 bits per heavy atom. The molecule has 2 aromatic carbocycles. The lowest BCUT2D eigenvalue weighted by atomic mass is 10.0. The fraction of sp³-hybridized carbons (Fsp3) is 0.292. The zero-order valence-corrected chi connectivity index (χ0v) is 19.1. The Labute approximate surface area is 190 Å². The van der Waals surface area contributed by atoms with Crippen LogP contribution in [0.4, 0.5) is 10.1 Å². The van der Waals surface area contributed by atoms with Crippen LogP contribution in [-0.4, -0.2) is 42.4 Å². The van der Waals surface area contributed by atoms with Crippen LogP contribution in [0.5, 0.6) is 0 Å². The summed E-state index contributed by atoms with van der Waals surface area (Å²) in [5, 5.41) is 10.8. The average molecular weight is 470 g/mol. The van der Waals surface area contributed by atoms with E-state index >= 15 is 0 Å². The predicted molar refractivity (Wildman–Crippen MR) is 125 cm³/mol. The second-order valence-corrected chi connectivity index (χ2v) is 10.5. The van der Waals surface area contributed by atoms with Gasteiger partial charge < -0.3 is 14.5 Å². The van der Waals surface area contributed by atoms with Gasteiger partial charge >= 0.3 is 0 Å². The molecule has 33 heavy (non-hydrogen) atoms. The summed E-state index contributed by atoms with van der Waals surface area (Å²) in [5.74, 6) is 0.998. The molecule has 172 valence electrons. The Morgan fingerprint density at radius 3 is 2.58 bits per heavy atom. The Morgan fingerprint density at radius 1 is 1.27 bits per heavy atom. The number of nitrogens with zero attached hydrogens (tertiary/aromatic N) is 2. The summed E-state index contributed by atoms with van der Waals surface area (Å²) in [5.41, 5.74) is 3.31. The highest BCUT2D eigenvalue weighted by Crippen LogP contribution is 2.49. The van der Waals surface area contributed by atoms with E-state index in [9.17, 15) is 17.9 Å². The number of nitrogens with one attached hydrogen (secondary N) is 1. The number of hydrogen-bond donors (Lipinski definition) is 2. The normalized spacial score (nSPS) is 15.2. The number of benzene rings is 2. The number of imidazole rings is 1. The molecule has 2 N–H and O–H groups in total. The quantitative estimate of drug-likeness (QED) is 0.410. The van der Waals surface area contributed by atoms with Crippen LogP contribution < -0.4 is 4.31 Å². The van der Waals surface area contributed by atoms with Crippen LogP contribution in [0.15, 0.2) is 53.2 Å². The van der Waals surface area contributed by atoms with Gasteiger partial charge in [-0.1, -0.05) is 0 Å². The van der Waals surface area contributed by atoms with E-state index in [0.717, 1.165) is 35.6 Å². The number of fused-ring (bicyclic) bond motifs is 1. The molecule has 2 heterocycles. The maximum atomic E-state index is 13.6. The Balaban J connectivity index is 1.79. The van der Waals surface area contributed by atoms with E-state index in [1.807, 2.05) is 6.07 Å². The van der Waals surface area contributed by atoms with Crippen molar-refractivity contribution in [2.45, 2.75) is 31.8 Å². The van der Waals surface area contributed by atoms with Crippen LogP contribution in [0.1, 0.15) is 31.2 Å². The van der Waals surface area contributed by atoms with E-state index in [1.54, 1.807) is 37.5 Å². The highest BCUT2D eigenvalue weighted by atomic mass is 32.2. The fourth-order valence-electron chi connectivity index (χ4n) is 4.18. The summed E-state index contributed by atoms with van der Waals surface area (Å²) in [7, 11) is -3.64. The number of rotatable bonds is 7. The SMILES string of the molecule is CC(O)CN(c1cc2oc(-c3ccc(F)cc3)c(-c3ncc[nH]3)c2cc1C1CC1)S(C)(=O)=O. The molecule has 1 atom stereocenters. The van der Waals surface area contributed by atoms with Gasteiger partial charge in [-0.05, 0) is 61.6 Å². The topological polar surface area (TPSA) is 99.4 Å². The largest absolute Gasteiger partial charge is 0.455 e. The van der Waals surface area contributed by atoms with E-state index in [1.165, 1.54) is 16.4 Å². The molecule has 0 bridgehead atoms. The summed E-state index contributed by atoms with van der Waals surface area (Å²) >= 11 is 0. The molecular weight excluding hydrogens is 445 g/mol. The van der Waals surface area contributed by atoms with Crippen LogP contribution in [-0.2, 0) is 10.0 Å². The van der Waals surface area contributed by atoms with Gasteiger partial charge in [0.2, 0.25) is 10.0 Å². The molecule has 0 aliphatic heterocycles. The van der Waals surface area contributed by atoms with Gasteiger partial charge in [0.1, 0.15) is 23.0 Å². The van der Waals surface area contributed by atoms with E-state index < -0.39 is 16.1 Å². The third-order valence-corrected chi connectivity index (χ3v) is 6.94. The third-order valence-electron chi connectivity index (χ3n) is 5.79. The first-order valence-electron chi connectivity index (χ1n) is 10.7. The van der Waals surface area contributed by atoms with E-state index in [2.05, 4.69) is 9.97 Å². The Hall–Kier alpha value is -3.17. The van der Waals surface area contributed by atoms with Gasteiger partial charge in [0.25, 0.3) is 0 Å². The molecule has 1 fully saturated rings. The average Bonchev–Trinajstić information content (AvgIpc) is 3.32. The van der Waals surface area contributed by atoms with Crippen LogP contribution in [0.25, 0.3) is 33.7 Å². The minimum absolute atomic E-state index is 0.0549. The number of aromatic nitrogens is 2. The van der Waals surface area contributed by atoms with E-state index in [4.69, 9.17) is 4.42 Å². The van der Waals surface area contributed by atoms with Crippen molar-refractivity contribution in [1.82, 2.24) is 9.97 Å². The van der Waals surface area contributed by atoms with Crippen molar-refractivity contribution in [1.29, 1.82) is 0 Å². The second-order valence-electron chi connectivity index (χ2n) is 8.58. The molecular formula is C24H24FN3O4S. The number of aliphatic hydroxyl groups excluding tert-OH is 1. The Bertz CT molecular complexity index is 1410. The first-order valence-corrected chi connectivity index (χ1v) is 12.6. The molecule has 1 saturated carbocycles. The first kappa shape index (κ1) is 21.7. The van der Waals surface area contributed by atoms with E-state index in [-0.39, 0.29) is 18.3 Å². The molecule has 0 radical (unpaired) electrons. The molecule has 9 heteroatoms. The number of aromatic amines is 1. The molecule has 0 saturated heterocycles. The molecule has 0 spiro atoms. The maximum Gasteiger partial charge on any atom is 0.232 e. The monoisotopic (exact) mass is 469 g/mol. The van der Waals surface area contributed by atoms with Crippen LogP contribution in [0.2, 0.25) is 0 Å². The third kappa shape index (κ3) is 4.14. The summed E-state index contributed by atoms with van der Waals surface area (Å²) < 4.78 is 46.3. The zero-order valence-electron chi connectivity index (χ0n) is 18.2. The number of sulfonamides is 1. The van der Waals surface area contributed by atoms with Gasteiger partial charge in [-0.3, -0.25) is 4.31 Å². The summed E-state index contributed by atoms with van der Waals surface area (Å²) in [6.07, 6.45) is 5.58. The first-order chi connectivity index (χ1) is 15.7. The maximum absolute atomic E-state index is 13.6. The number of H-pyrrole nitrogens is 1. The highest BCUT2D eigenvalue weighted by Gasteiger charge is 2.33. The lowest BCUT2D eigenvalue weighted by molar-refractivity contribution is 0.204. The van der Waals surface area contributed by atoms with Crippen LogP contribution in [0, 0.1) is 5.82 Å². The van der Waals surface area contributed by atoms with Crippen molar-refractivity contribution in [2.75, 3.05) is 17.1 Å². The van der Waals surface area contributed by atoms with Crippen LogP contribution >= 0.6 is 0 Å². The van der Waals surface area contributed by atoms with Gasteiger partial charge in [-0.25, -0.2) is 17.8 Å². The number of furan rings is 1. The molecule has 1 aliphatic carbocycles. The van der Waals surface area contributed by atoms with Crippen molar-refractivity contribution in [2.24, 2.45) is 0 Å². The van der Waals surface area contributed by atoms with E-state index in [0.29, 0.717) is 28.4 Å². The van der Waals surface area contributed by atoms with Crippen molar-refractivity contribution >= 4 is 26.7 Å². The molecule has 0 amide bonds. The summed E-state index contributed by atoms with van der Waals surface area (Å²) in [6, 6.07) is 9.70. The van der Waals surface area contributed by atoms with Gasteiger partial charge in [0, 0.05) is 29.4 Å². The molecule has 2 aromatic heterocycles. The minimum atomic E-state index is -3.64.